The first kappa shape index (κ1) is 32.1. The largest absolute Gasteiger partial charge is 0.497 e. The number of hydrogen-bond donors (Lipinski definition) is 3. The molecular weight excluding hydrogens is 625 g/mol. The van der Waals surface area contributed by atoms with E-state index in [1.54, 1.807) is 93.1 Å². The van der Waals surface area contributed by atoms with E-state index < -0.39 is 11.8 Å². The molecule has 3 N–H and O–H groups in total. The van der Waals surface area contributed by atoms with Crippen LogP contribution in [0.3, 0.4) is 0 Å². The number of nitrogens with one attached hydrogen (secondary N) is 3. The van der Waals surface area contributed by atoms with Gasteiger partial charge in [-0.1, -0.05) is 29.5 Å². The summed E-state index contributed by atoms with van der Waals surface area (Å²) in [5.74, 6) is 0.791. The van der Waals surface area contributed by atoms with Crippen LogP contribution in [0.4, 0.5) is 10.8 Å². The Morgan fingerprint density at radius 2 is 1.54 bits per heavy atom. The molecule has 1 aromatic heterocycles. The topological polar surface area (TPSA) is 128 Å². The Balaban J connectivity index is 1.24. The van der Waals surface area contributed by atoms with Crippen LogP contribution in [-0.4, -0.2) is 49.8 Å². The zero-order valence-corrected chi connectivity index (χ0v) is 26.8. The number of benzene rings is 4. The molecule has 0 aliphatic carbocycles. The molecule has 46 heavy (non-hydrogen) atoms. The van der Waals surface area contributed by atoms with Crippen molar-refractivity contribution in [1.29, 1.82) is 0 Å². The van der Waals surface area contributed by atoms with Crippen molar-refractivity contribution in [2.45, 2.75) is 4.90 Å². The number of carbonyl (C=O) groups excluding carboxylic acids is 3. The number of rotatable bonds is 12. The molecule has 0 aliphatic heterocycles. The number of thiazole rings is 1. The Morgan fingerprint density at radius 3 is 2.26 bits per heavy atom. The summed E-state index contributed by atoms with van der Waals surface area (Å²) in [6.07, 6.45) is 1.54. The molecule has 12 heteroatoms. The standard InChI is InChI=1S/C34H30N4O6S2/c1-42-24-12-9-22(29(18-24)44-3)17-28(36-32(40)21-7-5-4-6-8-21)33(41)35-23-10-14-26(15-11-23)45-20-31(39)38-34-37-27-16-13-25(43-2)19-30(27)46-34/h4-19H,20H2,1-3H3,(H,35,41)(H,36,40)(H,37,38,39)/b28-17-. The molecule has 0 saturated carbocycles. The highest BCUT2D eigenvalue weighted by molar-refractivity contribution is 8.00. The van der Waals surface area contributed by atoms with Crippen molar-refractivity contribution in [3.8, 4) is 17.2 Å². The number of thioether (sulfide) groups is 1. The summed E-state index contributed by atoms with van der Waals surface area (Å²) in [6.45, 7) is 0. The van der Waals surface area contributed by atoms with Crippen LogP contribution in [-0.2, 0) is 9.59 Å². The zero-order chi connectivity index (χ0) is 32.5. The fraction of sp³-hybridized carbons (Fsp3) is 0.118. The third-order valence-corrected chi connectivity index (χ3v) is 8.54. The van der Waals surface area contributed by atoms with Crippen molar-refractivity contribution in [2.75, 3.05) is 37.7 Å². The third-order valence-electron chi connectivity index (χ3n) is 6.59. The van der Waals surface area contributed by atoms with Gasteiger partial charge in [-0.25, -0.2) is 4.98 Å². The van der Waals surface area contributed by atoms with Gasteiger partial charge in [-0.05, 0) is 72.8 Å². The number of fused-ring (bicyclic) bond motifs is 1. The van der Waals surface area contributed by atoms with Crippen LogP contribution in [0.5, 0.6) is 17.2 Å². The Morgan fingerprint density at radius 1 is 0.826 bits per heavy atom. The molecule has 0 radical (unpaired) electrons. The number of anilines is 2. The molecule has 234 valence electrons. The molecule has 0 bridgehead atoms. The molecule has 3 amide bonds. The van der Waals surface area contributed by atoms with Gasteiger partial charge in [0.25, 0.3) is 11.8 Å². The number of aromatic nitrogens is 1. The highest BCUT2D eigenvalue weighted by Crippen LogP contribution is 2.30. The normalized spacial score (nSPS) is 11.1. The van der Waals surface area contributed by atoms with Crippen molar-refractivity contribution in [3.63, 3.8) is 0 Å². The van der Waals surface area contributed by atoms with Crippen LogP contribution in [0.2, 0.25) is 0 Å². The summed E-state index contributed by atoms with van der Waals surface area (Å²) in [5, 5.41) is 8.92. The summed E-state index contributed by atoms with van der Waals surface area (Å²) in [4.78, 5) is 44.3. The smallest absolute Gasteiger partial charge is 0.272 e. The predicted octanol–water partition coefficient (Wildman–Crippen LogP) is 6.46. The molecule has 4 aromatic carbocycles. The van der Waals surface area contributed by atoms with Crippen molar-refractivity contribution in [3.05, 3.63) is 108 Å². The van der Waals surface area contributed by atoms with Crippen molar-refractivity contribution >= 4 is 67.9 Å². The maximum Gasteiger partial charge on any atom is 0.272 e. The summed E-state index contributed by atoms with van der Waals surface area (Å²) in [5.41, 5.74) is 2.27. The lowest BCUT2D eigenvalue weighted by atomic mass is 10.1. The second kappa shape index (κ2) is 15.1. The number of methoxy groups -OCH3 is 3. The van der Waals surface area contributed by atoms with E-state index >= 15 is 0 Å². The molecule has 0 aliphatic rings. The van der Waals surface area contributed by atoms with Crippen LogP contribution >= 0.6 is 23.1 Å². The highest BCUT2D eigenvalue weighted by Gasteiger charge is 2.17. The Labute approximate surface area is 273 Å². The second-order valence-electron chi connectivity index (χ2n) is 9.65. The van der Waals surface area contributed by atoms with Gasteiger partial charge in [-0.15, -0.1) is 11.8 Å². The Hall–Kier alpha value is -5.33. The molecule has 5 aromatic rings. The lowest BCUT2D eigenvalue weighted by Crippen LogP contribution is -2.30. The van der Waals surface area contributed by atoms with E-state index in [1.165, 1.54) is 30.2 Å². The Bertz CT molecular complexity index is 1890. The average molecular weight is 655 g/mol. The number of ether oxygens (including phenoxy) is 3. The van der Waals surface area contributed by atoms with Gasteiger partial charge in [0, 0.05) is 27.8 Å². The monoisotopic (exact) mass is 654 g/mol. The minimum atomic E-state index is -0.532. The van der Waals surface area contributed by atoms with Crippen molar-refractivity contribution in [1.82, 2.24) is 10.3 Å². The predicted molar refractivity (Wildman–Crippen MR) is 182 cm³/mol. The van der Waals surface area contributed by atoms with Gasteiger partial charge in [0.05, 0.1) is 37.3 Å². The van der Waals surface area contributed by atoms with E-state index in [0.29, 0.717) is 33.4 Å². The van der Waals surface area contributed by atoms with E-state index in [2.05, 4.69) is 20.9 Å². The minimum Gasteiger partial charge on any atom is -0.497 e. The SMILES string of the molecule is COc1ccc(/C=C(\NC(=O)c2ccccc2)C(=O)Nc2ccc(SCC(=O)Nc3nc4ccc(OC)cc4s3)cc2)c(OC)c1. The zero-order valence-electron chi connectivity index (χ0n) is 25.2. The van der Waals surface area contributed by atoms with Crippen LogP contribution in [0.15, 0.2) is 102 Å². The van der Waals surface area contributed by atoms with E-state index in [4.69, 9.17) is 14.2 Å². The van der Waals surface area contributed by atoms with Crippen molar-refractivity contribution < 1.29 is 28.6 Å². The lowest BCUT2D eigenvalue weighted by molar-refractivity contribution is -0.114. The van der Waals surface area contributed by atoms with E-state index in [0.717, 1.165) is 20.9 Å². The molecular formula is C34H30N4O6S2. The highest BCUT2D eigenvalue weighted by atomic mass is 32.2. The molecule has 0 fully saturated rings. The molecule has 0 spiro atoms. The molecule has 1 heterocycles. The molecule has 0 atom stereocenters. The number of nitrogens with zero attached hydrogens (tertiary/aromatic N) is 1. The summed E-state index contributed by atoms with van der Waals surface area (Å²) in [7, 11) is 4.66. The van der Waals surface area contributed by atoms with Gasteiger partial charge >= 0.3 is 0 Å². The molecule has 10 nitrogen and oxygen atoms in total. The van der Waals surface area contributed by atoms with E-state index in [-0.39, 0.29) is 17.4 Å². The lowest BCUT2D eigenvalue weighted by Gasteiger charge is -2.13. The quantitative estimate of drug-likeness (QED) is 0.103. The van der Waals surface area contributed by atoms with Gasteiger partial charge in [0.2, 0.25) is 5.91 Å². The van der Waals surface area contributed by atoms with E-state index in [1.807, 2.05) is 18.2 Å². The maximum atomic E-state index is 13.5. The van der Waals surface area contributed by atoms with Crippen LogP contribution in [0, 0.1) is 0 Å². The first-order chi connectivity index (χ1) is 22.3. The van der Waals surface area contributed by atoms with Gasteiger partial charge in [0.1, 0.15) is 22.9 Å². The van der Waals surface area contributed by atoms with Crippen LogP contribution in [0.25, 0.3) is 16.3 Å². The third kappa shape index (κ3) is 8.23. The molecule has 0 saturated heterocycles. The van der Waals surface area contributed by atoms with E-state index in [9.17, 15) is 14.4 Å². The summed E-state index contributed by atoms with van der Waals surface area (Å²) < 4.78 is 16.9. The number of amides is 3. The fourth-order valence-corrected chi connectivity index (χ4v) is 5.87. The number of hydrogen-bond acceptors (Lipinski definition) is 9. The summed E-state index contributed by atoms with van der Waals surface area (Å²) in [6, 6.07) is 26.4. The Kier molecular flexibility index (Phi) is 10.5. The molecule has 5 rings (SSSR count). The average Bonchev–Trinajstić information content (AvgIpc) is 3.49. The summed E-state index contributed by atoms with van der Waals surface area (Å²) >= 11 is 2.73. The maximum absolute atomic E-state index is 13.5. The minimum absolute atomic E-state index is 0.0146. The second-order valence-corrected chi connectivity index (χ2v) is 11.7. The van der Waals surface area contributed by atoms with Gasteiger partial charge in [-0.3, -0.25) is 14.4 Å². The molecule has 0 unspecified atom stereocenters. The van der Waals surface area contributed by atoms with Crippen LogP contribution < -0.4 is 30.2 Å². The fourth-order valence-electron chi connectivity index (χ4n) is 4.26. The first-order valence-corrected chi connectivity index (χ1v) is 15.7. The van der Waals surface area contributed by atoms with Gasteiger partial charge < -0.3 is 30.2 Å². The van der Waals surface area contributed by atoms with Gasteiger partial charge in [-0.2, -0.15) is 0 Å². The van der Waals surface area contributed by atoms with Crippen LogP contribution in [0.1, 0.15) is 15.9 Å². The van der Waals surface area contributed by atoms with Crippen molar-refractivity contribution in [2.24, 2.45) is 0 Å². The number of carbonyl (C=O) groups is 3. The van der Waals surface area contributed by atoms with Gasteiger partial charge in [0.15, 0.2) is 5.13 Å². The first-order valence-electron chi connectivity index (χ1n) is 13.9.